The lowest BCUT2D eigenvalue weighted by Gasteiger charge is -2.34. The Labute approximate surface area is 116 Å². The molecule has 2 saturated heterocycles. The monoisotopic (exact) mass is 268 g/mol. The Bertz CT molecular complexity index is 288. The third kappa shape index (κ3) is 4.26. The van der Waals surface area contributed by atoms with Gasteiger partial charge in [0.15, 0.2) is 5.78 Å². The van der Waals surface area contributed by atoms with E-state index in [0.29, 0.717) is 18.4 Å². The van der Waals surface area contributed by atoms with Crippen molar-refractivity contribution in [2.75, 3.05) is 33.3 Å². The lowest BCUT2D eigenvalue weighted by Crippen LogP contribution is -2.46. The molecule has 0 aliphatic carbocycles. The topological polar surface area (TPSA) is 41.6 Å². The normalized spacial score (nSPS) is 30.4. The van der Waals surface area contributed by atoms with Crippen molar-refractivity contribution in [2.24, 2.45) is 5.92 Å². The van der Waals surface area contributed by atoms with Crippen LogP contribution in [0.1, 0.15) is 39.0 Å². The van der Waals surface area contributed by atoms with Gasteiger partial charge in [-0.05, 0) is 45.8 Å². The molecule has 4 nitrogen and oxygen atoms in total. The Morgan fingerprint density at radius 3 is 2.74 bits per heavy atom. The fourth-order valence-electron chi connectivity index (χ4n) is 3.14. The first-order valence-corrected chi connectivity index (χ1v) is 7.77. The van der Waals surface area contributed by atoms with Crippen LogP contribution in [0, 0.1) is 5.92 Å². The van der Waals surface area contributed by atoms with Crippen LogP contribution in [0.3, 0.4) is 0 Å². The molecule has 2 atom stereocenters. The minimum absolute atomic E-state index is 0.155. The van der Waals surface area contributed by atoms with Gasteiger partial charge in [0.25, 0.3) is 0 Å². The number of carbonyl (C=O) groups excluding carboxylic acids is 1. The standard InChI is InChI=1S/C15H28N2O2/c1-3-14(18)15-12(5-4-10-19-15)11-16-13-6-8-17(2)9-7-13/h12-13,15-16H,3-11H2,1-2H3. The van der Waals surface area contributed by atoms with Gasteiger partial charge in [0.1, 0.15) is 6.10 Å². The van der Waals surface area contributed by atoms with Crippen LogP contribution in [0.5, 0.6) is 0 Å². The molecule has 1 N–H and O–H groups in total. The van der Waals surface area contributed by atoms with Crippen LogP contribution in [-0.4, -0.2) is 56.1 Å². The number of carbonyl (C=O) groups is 1. The van der Waals surface area contributed by atoms with Gasteiger partial charge in [0, 0.05) is 31.5 Å². The number of nitrogens with one attached hydrogen (secondary N) is 1. The number of likely N-dealkylation sites (tertiary alicyclic amines) is 1. The molecule has 0 radical (unpaired) electrons. The van der Waals surface area contributed by atoms with Gasteiger partial charge in [-0.3, -0.25) is 4.79 Å². The summed E-state index contributed by atoms with van der Waals surface area (Å²) in [5, 5.41) is 3.66. The molecule has 2 aliphatic rings. The van der Waals surface area contributed by atoms with Crippen molar-refractivity contribution >= 4 is 5.78 Å². The molecule has 19 heavy (non-hydrogen) atoms. The summed E-state index contributed by atoms with van der Waals surface area (Å²) in [6.45, 7) is 5.97. The maximum atomic E-state index is 11.9. The molecule has 2 heterocycles. The summed E-state index contributed by atoms with van der Waals surface area (Å²) in [5.74, 6) is 0.649. The van der Waals surface area contributed by atoms with Crippen molar-refractivity contribution in [3.05, 3.63) is 0 Å². The molecule has 0 spiro atoms. The molecular formula is C15H28N2O2. The SMILES string of the molecule is CCC(=O)C1OCCCC1CNC1CCN(C)CC1. The summed E-state index contributed by atoms with van der Waals surface area (Å²) in [7, 11) is 2.18. The third-order valence-electron chi connectivity index (χ3n) is 4.50. The number of ketones is 1. The van der Waals surface area contributed by atoms with Crippen LogP contribution in [0.4, 0.5) is 0 Å². The summed E-state index contributed by atoms with van der Waals surface area (Å²) in [6.07, 6.45) is 5.09. The van der Waals surface area contributed by atoms with Gasteiger partial charge in [-0.15, -0.1) is 0 Å². The summed E-state index contributed by atoms with van der Waals surface area (Å²) in [6, 6.07) is 0.621. The molecular weight excluding hydrogens is 240 g/mol. The van der Waals surface area contributed by atoms with Crippen molar-refractivity contribution in [3.8, 4) is 0 Å². The molecule has 0 saturated carbocycles. The highest BCUT2D eigenvalue weighted by Gasteiger charge is 2.31. The minimum Gasteiger partial charge on any atom is -0.370 e. The van der Waals surface area contributed by atoms with Crippen molar-refractivity contribution in [2.45, 2.75) is 51.2 Å². The zero-order valence-corrected chi connectivity index (χ0v) is 12.4. The van der Waals surface area contributed by atoms with Crippen LogP contribution in [0.2, 0.25) is 0 Å². The number of nitrogens with zero attached hydrogens (tertiary/aromatic N) is 1. The average molecular weight is 268 g/mol. The number of rotatable bonds is 5. The number of hydrogen-bond donors (Lipinski definition) is 1. The molecule has 2 rings (SSSR count). The zero-order chi connectivity index (χ0) is 13.7. The Morgan fingerprint density at radius 2 is 2.05 bits per heavy atom. The second kappa shape index (κ2) is 7.36. The molecule has 4 heteroatoms. The van der Waals surface area contributed by atoms with Crippen LogP contribution in [0.15, 0.2) is 0 Å². The summed E-state index contributed by atoms with van der Waals surface area (Å²) in [5.41, 5.74) is 0. The van der Waals surface area contributed by atoms with Gasteiger partial charge in [0.2, 0.25) is 0 Å². The number of ether oxygens (including phenoxy) is 1. The van der Waals surface area contributed by atoms with Gasteiger partial charge in [-0.2, -0.15) is 0 Å². The highest BCUT2D eigenvalue weighted by atomic mass is 16.5. The van der Waals surface area contributed by atoms with Crippen molar-refractivity contribution in [1.82, 2.24) is 10.2 Å². The molecule has 0 amide bonds. The van der Waals surface area contributed by atoms with E-state index in [1.165, 1.54) is 25.9 Å². The summed E-state index contributed by atoms with van der Waals surface area (Å²) < 4.78 is 5.70. The molecule has 0 aromatic heterocycles. The number of Topliss-reactive ketones (excluding diaryl/α,β-unsaturated/α-hetero) is 1. The largest absolute Gasteiger partial charge is 0.370 e. The third-order valence-corrected chi connectivity index (χ3v) is 4.50. The fraction of sp³-hybridized carbons (Fsp3) is 0.933. The van der Waals surface area contributed by atoms with Gasteiger partial charge >= 0.3 is 0 Å². The first-order valence-electron chi connectivity index (χ1n) is 7.77. The first-order chi connectivity index (χ1) is 9.20. The molecule has 2 fully saturated rings. The predicted molar refractivity (Wildman–Crippen MR) is 76.3 cm³/mol. The molecule has 0 bridgehead atoms. The van der Waals surface area contributed by atoms with E-state index in [1.54, 1.807) is 0 Å². The van der Waals surface area contributed by atoms with E-state index in [9.17, 15) is 4.79 Å². The van der Waals surface area contributed by atoms with Crippen LogP contribution < -0.4 is 5.32 Å². The number of piperidine rings is 1. The number of hydrogen-bond acceptors (Lipinski definition) is 4. The second-order valence-electron chi connectivity index (χ2n) is 6.00. The van der Waals surface area contributed by atoms with E-state index in [-0.39, 0.29) is 11.9 Å². The quantitative estimate of drug-likeness (QED) is 0.819. The summed E-state index contributed by atoms with van der Waals surface area (Å²) >= 11 is 0. The molecule has 2 aliphatic heterocycles. The van der Waals surface area contributed by atoms with Gasteiger partial charge in [-0.1, -0.05) is 6.92 Å². The van der Waals surface area contributed by atoms with Crippen LogP contribution >= 0.6 is 0 Å². The smallest absolute Gasteiger partial charge is 0.161 e. The average Bonchev–Trinajstić information content (AvgIpc) is 2.46. The van der Waals surface area contributed by atoms with E-state index >= 15 is 0 Å². The summed E-state index contributed by atoms with van der Waals surface area (Å²) in [4.78, 5) is 14.3. The van der Waals surface area contributed by atoms with E-state index in [2.05, 4.69) is 17.3 Å². The van der Waals surface area contributed by atoms with Gasteiger partial charge in [-0.25, -0.2) is 0 Å². The predicted octanol–water partition coefficient (Wildman–Crippen LogP) is 1.44. The molecule has 110 valence electrons. The van der Waals surface area contributed by atoms with E-state index in [0.717, 1.165) is 26.0 Å². The van der Waals surface area contributed by atoms with Crippen LogP contribution in [0.25, 0.3) is 0 Å². The lowest BCUT2D eigenvalue weighted by atomic mass is 9.90. The maximum Gasteiger partial charge on any atom is 0.161 e. The highest BCUT2D eigenvalue weighted by Crippen LogP contribution is 2.22. The Morgan fingerprint density at radius 1 is 1.32 bits per heavy atom. The highest BCUT2D eigenvalue weighted by molar-refractivity contribution is 5.83. The fourth-order valence-corrected chi connectivity index (χ4v) is 3.14. The minimum atomic E-state index is -0.155. The first kappa shape index (κ1) is 14.9. The van der Waals surface area contributed by atoms with Crippen molar-refractivity contribution < 1.29 is 9.53 Å². The van der Waals surface area contributed by atoms with Crippen LogP contribution in [-0.2, 0) is 9.53 Å². The Kier molecular flexibility index (Phi) is 5.79. The van der Waals surface area contributed by atoms with E-state index in [4.69, 9.17) is 4.74 Å². The molecule has 0 aromatic rings. The second-order valence-corrected chi connectivity index (χ2v) is 6.00. The molecule has 2 unspecified atom stereocenters. The Hall–Kier alpha value is -0.450. The van der Waals surface area contributed by atoms with Crippen molar-refractivity contribution in [1.29, 1.82) is 0 Å². The van der Waals surface area contributed by atoms with E-state index < -0.39 is 0 Å². The van der Waals surface area contributed by atoms with E-state index in [1.807, 2.05) is 6.92 Å². The lowest BCUT2D eigenvalue weighted by molar-refractivity contribution is -0.137. The molecule has 0 aromatic carbocycles. The van der Waals surface area contributed by atoms with Crippen molar-refractivity contribution in [3.63, 3.8) is 0 Å². The van der Waals surface area contributed by atoms with Gasteiger partial charge in [0.05, 0.1) is 0 Å². The van der Waals surface area contributed by atoms with Gasteiger partial charge < -0.3 is 15.0 Å². The maximum absolute atomic E-state index is 11.9. The Balaban J connectivity index is 1.78. The zero-order valence-electron chi connectivity index (χ0n) is 12.4.